The lowest BCUT2D eigenvalue weighted by molar-refractivity contribution is -0.143. The minimum absolute atomic E-state index is 0.00280. The lowest BCUT2D eigenvalue weighted by Crippen LogP contribution is -2.47. The molecule has 0 radical (unpaired) electrons. The van der Waals surface area contributed by atoms with Gasteiger partial charge in [0.1, 0.15) is 11.4 Å². The molecule has 0 fully saturated rings. The quantitative estimate of drug-likeness (QED) is 0.261. The van der Waals surface area contributed by atoms with E-state index < -0.39 is 17.3 Å². The number of phenols is 1. The number of nitrogens with zero attached hydrogens (tertiary/aromatic N) is 1. The number of aromatic amines is 1. The van der Waals surface area contributed by atoms with Crippen molar-refractivity contribution in [1.82, 2.24) is 4.98 Å². The van der Waals surface area contributed by atoms with Gasteiger partial charge in [-0.05, 0) is 30.9 Å². The maximum absolute atomic E-state index is 13.9. The molecule has 3 aromatic rings. The number of rotatable bonds is 5. The number of anilines is 2. The van der Waals surface area contributed by atoms with E-state index in [4.69, 9.17) is 18.9 Å². The Balaban J connectivity index is 1.63. The fourth-order valence-electron chi connectivity index (χ4n) is 5.45. The van der Waals surface area contributed by atoms with Crippen molar-refractivity contribution in [2.24, 2.45) is 5.92 Å². The highest BCUT2D eigenvalue weighted by Crippen LogP contribution is 2.48. The zero-order valence-corrected chi connectivity index (χ0v) is 22.0. The summed E-state index contributed by atoms with van der Waals surface area (Å²) in [5.41, 5.74) is 0.574. The van der Waals surface area contributed by atoms with Crippen LogP contribution in [0.2, 0.25) is 0 Å². The Morgan fingerprint density at radius 2 is 1.79 bits per heavy atom. The van der Waals surface area contributed by atoms with Crippen molar-refractivity contribution in [3.05, 3.63) is 35.0 Å². The molecule has 0 saturated heterocycles. The lowest BCUT2D eigenvalue weighted by Gasteiger charge is -2.34. The van der Waals surface area contributed by atoms with Crippen LogP contribution in [0, 0.1) is 5.92 Å². The zero-order chi connectivity index (χ0) is 27.5. The van der Waals surface area contributed by atoms with Crippen LogP contribution in [-0.2, 0) is 16.0 Å². The highest BCUT2D eigenvalue weighted by molar-refractivity contribution is 6.26. The molecule has 0 saturated carbocycles. The van der Waals surface area contributed by atoms with Crippen molar-refractivity contribution in [3.63, 3.8) is 0 Å². The molecule has 200 valence electrons. The normalized spacial score (nSPS) is 20.0. The number of aromatic nitrogens is 1. The van der Waals surface area contributed by atoms with Crippen LogP contribution < -0.4 is 24.4 Å². The van der Waals surface area contributed by atoms with E-state index in [1.54, 1.807) is 12.1 Å². The van der Waals surface area contributed by atoms with Crippen LogP contribution in [-0.4, -0.2) is 68.3 Å². The Hall–Kier alpha value is -4.41. The summed E-state index contributed by atoms with van der Waals surface area (Å²) in [5, 5.41) is 14.3. The molecule has 5 rings (SSSR count). The van der Waals surface area contributed by atoms with E-state index in [-0.39, 0.29) is 34.5 Å². The van der Waals surface area contributed by atoms with Crippen molar-refractivity contribution < 1.29 is 38.4 Å². The molecule has 2 aromatic carbocycles. The molecule has 1 aromatic heterocycles. The van der Waals surface area contributed by atoms with Gasteiger partial charge in [-0.25, -0.2) is 4.79 Å². The van der Waals surface area contributed by atoms with Crippen LogP contribution in [0.4, 0.5) is 11.4 Å². The molecule has 11 heteroatoms. The number of nitrogens with one attached hydrogen (secondary N) is 2. The van der Waals surface area contributed by atoms with Gasteiger partial charge in [-0.15, -0.1) is 0 Å². The summed E-state index contributed by atoms with van der Waals surface area (Å²) in [7, 11) is 5.72. The number of ketones is 1. The topological polar surface area (TPSA) is 139 Å². The fourth-order valence-corrected chi connectivity index (χ4v) is 5.45. The highest BCUT2D eigenvalue weighted by atomic mass is 16.5. The molecule has 0 aliphatic carbocycles. The third-order valence-electron chi connectivity index (χ3n) is 7.28. The van der Waals surface area contributed by atoms with Crippen molar-refractivity contribution in [2.45, 2.75) is 25.8 Å². The second-order valence-electron chi connectivity index (χ2n) is 9.73. The predicted molar refractivity (Wildman–Crippen MR) is 139 cm³/mol. The first-order chi connectivity index (χ1) is 18.1. The number of hydrogen-bond acceptors (Lipinski definition) is 9. The zero-order valence-electron chi connectivity index (χ0n) is 22.0. The van der Waals surface area contributed by atoms with Gasteiger partial charge in [-0.2, -0.15) is 0 Å². The maximum Gasteiger partial charge on any atom is 0.339 e. The monoisotopic (exact) mass is 523 g/mol. The minimum atomic E-state index is -1.68. The molecule has 0 unspecified atom stereocenters. The van der Waals surface area contributed by atoms with Gasteiger partial charge in [-0.1, -0.05) is 6.92 Å². The van der Waals surface area contributed by atoms with Crippen LogP contribution in [0.15, 0.2) is 18.2 Å². The Bertz CT molecular complexity index is 1510. The van der Waals surface area contributed by atoms with E-state index in [1.165, 1.54) is 46.3 Å². The smallest absolute Gasteiger partial charge is 0.339 e. The van der Waals surface area contributed by atoms with Crippen molar-refractivity contribution in [1.29, 1.82) is 0 Å². The summed E-state index contributed by atoms with van der Waals surface area (Å²) in [6.07, 6.45) is 0.487. The first kappa shape index (κ1) is 25.2. The molecule has 11 nitrogen and oxygen atoms in total. The van der Waals surface area contributed by atoms with Crippen LogP contribution in [0.5, 0.6) is 23.0 Å². The molecule has 0 bridgehead atoms. The standard InChI is InChI=1S/C27H29N3O8/c1-12-7-14-17(10-18(31)21-20(14)24(32)27(2,29-21)26(34)38-6)30(11-12)25(33)16-8-13-15(28-16)9-19(35-3)23(37-5)22(13)36-4/h8-10,12,28-29,31H,7,11H2,1-6H3/t12-,27+/m0/s1. The largest absolute Gasteiger partial charge is 0.506 e. The van der Waals surface area contributed by atoms with E-state index in [1.807, 2.05) is 6.92 Å². The number of aromatic hydroxyl groups is 1. The van der Waals surface area contributed by atoms with Gasteiger partial charge in [0, 0.05) is 24.1 Å². The number of fused-ring (bicyclic) bond motifs is 4. The van der Waals surface area contributed by atoms with Crippen LogP contribution >= 0.6 is 0 Å². The summed E-state index contributed by atoms with van der Waals surface area (Å²) in [5.74, 6) is -0.616. The predicted octanol–water partition coefficient (Wildman–Crippen LogP) is 3.28. The number of ether oxygens (including phenoxy) is 4. The first-order valence-corrected chi connectivity index (χ1v) is 12.0. The Kier molecular flexibility index (Phi) is 5.89. The minimum Gasteiger partial charge on any atom is -0.506 e. The molecule has 2 aliphatic heterocycles. The third kappa shape index (κ3) is 3.45. The van der Waals surface area contributed by atoms with Gasteiger partial charge < -0.3 is 39.3 Å². The summed E-state index contributed by atoms with van der Waals surface area (Å²) < 4.78 is 21.3. The summed E-state index contributed by atoms with van der Waals surface area (Å²) >= 11 is 0. The number of amides is 1. The number of carbonyl (C=O) groups excluding carboxylic acids is 3. The number of Topliss-reactive ketones (excluding diaryl/α,β-unsaturated/α-hetero) is 1. The van der Waals surface area contributed by atoms with E-state index in [2.05, 4.69) is 10.3 Å². The second kappa shape index (κ2) is 8.86. The molecular formula is C27H29N3O8. The number of phenolic OH excluding ortho intramolecular Hbond substituents is 1. The molecule has 2 atom stereocenters. The van der Waals surface area contributed by atoms with Crippen LogP contribution in [0.1, 0.15) is 40.3 Å². The van der Waals surface area contributed by atoms with Crippen molar-refractivity contribution in [3.8, 4) is 23.0 Å². The Labute approximate surface area is 218 Å². The summed E-state index contributed by atoms with van der Waals surface area (Å²) in [6.45, 7) is 3.75. The second-order valence-corrected chi connectivity index (χ2v) is 9.73. The number of esters is 1. The number of hydrogen-bond donors (Lipinski definition) is 3. The lowest BCUT2D eigenvalue weighted by atomic mass is 9.85. The number of methoxy groups -OCH3 is 4. The van der Waals surface area contributed by atoms with Gasteiger partial charge in [0.25, 0.3) is 5.91 Å². The van der Waals surface area contributed by atoms with Crippen molar-refractivity contribution in [2.75, 3.05) is 45.2 Å². The average molecular weight is 524 g/mol. The third-order valence-corrected chi connectivity index (χ3v) is 7.28. The number of benzene rings is 2. The first-order valence-electron chi connectivity index (χ1n) is 12.0. The summed E-state index contributed by atoms with van der Waals surface area (Å²) in [6, 6.07) is 4.85. The van der Waals surface area contributed by atoms with E-state index >= 15 is 0 Å². The molecule has 38 heavy (non-hydrogen) atoms. The summed E-state index contributed by atoms with van der Waals surface area (Å²) in [4.78, 5) is 44.5. The van der Waals surface area contributed by atoms with Crippen LogP contribution in [0.3, 0.4) is 0 Å². The fraction of sp³-hybridized carbons (Fsp3) is 0.370. The number of H-pyrrole nitrogens is 1. The van der Waals surface area contributed by atoms with Gasteiger partial charge in [0.15, 0.2) is 17.0 Å². The van der Waals surface area contributed by atoms with Crippen molar-refractivity contribution >= 4 is 39.9 Å². The van der Waals surface area contributed by atoms with E-state index in [0.29, 0.717) is 52.4 Å². The Morgan fingerprint density at radius 3 is 2.42 bits per heavy atom. The Morgan fingerprint density at radius 1 is 1.08 bits per heavy atom. The molecule has 2 aliphatic rings. The van der Waals surface area contributed by atoms with Crippen LogP contribution in [0.25, 0.3) is 10.9 Å². The molecule has 1 amide bonds. The number of carbonyl (C=O) groups is 3. The van der Waals surface area contributed by atoms with E-state index in [0.717, 1.165) is 0 Å². The van der Waals surface area contributed by atoms with Gasteiger partial charge in [0.2, 0.25) is 11.5 Å². The van der Waals surface area contributed by atoms with Gasteiger partial charge in [0.05, 0.1) is 50.9 Å². The highest BCUT2D eigenvalue weighted by Gasteiger charge is 2.52. The van der Waals surface area contributed by atoms with E-state index in [9.17, 15) is 19.5 Å². The molecule has 3 N–H and O–H groups in total. The van der Waals surface area contributed by atoms with Gasteiger partial charge >= 0.3 is 5.97 Å². The average Bonchev–Trinajstić information content (AvgIpc) is 3.46. The maximum atomic E-state index is 13.9. The van der Waals surface area contributed by atoms with Gasteiger partial charge in [-0.3, -0.25) is 9.59 Å². The molecular weight excluding hydrogens is 494 g/mol. The molecule has 0 spiro atoms. The SMILES string of the molecule is COC(=O)[C@]1(C)Nc2c(O)cc3c(c2C1=O)C[C@H](C)CN3C(=O)c1cc2c(OC)c(OC)c(OC)cc2[nH]1. The molecule has 3 heterocycles.